The molecule has 2 heterocycles. The molecular weight excluding hydrogens is 296 g/mol. The van der Waals surface area contributed by atoms with Gasteiger partial charge in [0.15, 0.2) is 5.13 Å². The molecule has 2 N–H and O–H groups in total. The Morgan fingerprint density at radius 3 is 2.95 bits per heavy atom. The zero-order valence-corrected chi connectivity index (χ0v) is 12.2. The van der Waals surface area contributed by atoms with Gasteiger partial charge in [-0.1, -0.05) is 47.2 Å². The molecule has 0 aliphatic heterocycles. The van der Waals surface area contributed by atoms with Crippen molar-refractivity contribution in [2.45, 2.75) is 13.3 Å². The molecule has 3 aromatic rings. The topological polar surface area (TPSA) is 77.8 Å². The first-order valence-electron chi connectivity index (χ1n) is 6.02. The molecule has 0 spiro atoms. The lowest BCUT2D eigenvalue weighted by Crippen LogP contribution is -1.86. The van der Waals surface area contributed by atoms with Crippen molar-refractivity contribution in [2.75, 3.05) is 5.73 Å². The second-order valence-corrected chi connectivity index (χ2v) is 5.58. The fourth-order valence-corrected chi connectivity index (χ4v) is 2.87. The van der Waals surface area contributed by atoms with Crippen LogP contribution in [0.25, 0.3) is 22.2 Å². The minimum atomic E-state index is 0.436. The Morgan fingerprint density at radius 2 is 2.20 bits per heavy atom. The zero-order chi connectivity index (χ0) is 14.1. The Hall–Kier alpha value is -1.92. The van der Waals surface area contributed by atoms with Gasteiger partial charge in [0.2, 0.25) is 5.82 Å². The van der Waals surface area contributed by atoms with Crippen LogP contribution in [0.15, 0.2) is 28.8 Å². The number of nitrogens with zero attached hydrogens (tertiary/aromatic N) is 3. The molecule has 102 valence electrons. The van der Waals surface area contributed by atoms with E-state index in [2.05, 4.69) is 15.1 Å². The Balaban J connectivity index is 2.02. The average Bonchev–Trinajstić information content (AvgIpc) is 3.04. The van der Waals surface area contributed by atoms with E-state index in [4.69, 9.17) is 21.9 Å². The number of anilines is 1. The third kappa shape index (κ3) is 2.39. The van der Waals surface area contributed by atoms with Crippen molar-refractivity contribution in [2.24, 2.45) is 0 Å². The lowest BCUT2D eigenvalue weighted by Gasteiger charge is -1.94. The molecule has 0 saturated heterocycles. The van der Waals surface area contributed by atoms with Crippen molar-refractivity contribution < 1.29 is 4.52 Å². The number of aromatic nitrogens is 3. The van der Waals surface area contributed by atoms with E-state index in [1.54, 1.807) is 12.1 Å². The fraction of sp³-hybridized carbons (Fsp3) is 0.154. The van der Waals surface area contributed by atoms with Crippen molar-refractivity contribution >= 4 is 28.1 Å². The smallest absolute Gasteiger partial charge is 0.270 e. The number of aryl methyl sites for hydroxylation is 1. The second-order valence-electron chi connectivity index (χ2n) is 4.11. The standard InChI is InChI=1S/C13H11ClN4OS/c1-2-9-10(20-13(15)16-9)12-17-11(18-19-12)7-4-3-5-8(14)6-7/h3-6H,2H2,1H3,(H2,15,16). The van der Waals surface area contributed by atoms with Gasteiger partial charge < -0.3 is 10.3 Å². The minimum absolute atomic E-state index is 0.436. The highest BCUT2D eigenvalue weighted by Gasteiger charge is 2.17. The van der Waals surface area contributed by atoms with Crippen LogP contribution >= 0.6 is 22.9 Å². The first-order chi connectivity index (χ1) is 9.67. The van der Waals surface area contributed by atoms with E-state index in [9.17, 15) is 0 Å². The van der Waals surface area contributed by atoms with Gasteiger partial charge in [0, 0.05) is 10.6 Å². The highest BCUT2D eigenvalue weighted by molar-refractivity contribution is 7.18. The molecule has 0 fully saturated rings. The van der Waals surface area contributed by atoms with Crippen LogP contribution in [0.1, 0.15) is 12.6 Å². The molecule has 0 amide bonds. The predicted molar refractivity (Wildman–Crippen MR) is 79.6 cm³/mol. The summed E-state index contributed by atoms with van der Waals surface area (Å²) in [6.45, 7) is 2.01. The summed E-state index contributed by atoms with van der Waals surface area (Å²) in [5.41, 5.74) is 7.41. The average molecular weight is 307 g/mol. The minimum Gasteiger partial charge on any atom is -0.375 e. The van der Waals surface area contributed by atoms with E-state index in [-0.39, 0.29) is 0 Å². The maximum atomic E-state index is 5.96. The van der Waals surface area contributed by atoms with Crippen molar-refractivity contribution in [3.8, 4) is 22.2 Å². The third-order valence-electron chi connectivity index (χ3n) is 2.75. The van der Waals surface area contributed by atoms with Gasteiger partial charge in [-0.15, -0.1) is 0 Å². The number of benzene rings is 1. The normalized spacial score (nSPS) is 10.9. The summed E-state index contributed by atoms with van der Waals surface area (Å²) in [5, 5.41) is 5.11. The molecule has 0 aliphatic rings. The summed E-state index contributed by atoms with van der Waals surface area (Å²) in [4.78, 5) is 9.47. The molecule has 3 rings (SSSR count). The van der Waals surface area contributed by atoms with Gasteiger partial charge in [0.1, 0.15) is 4.88 Å². The Labute approximate surface area is 124 Å². The Morgan fingerprint density at radius 1 is 1.35 bits per heavy atom. The number of hydrogen-bond donors (Lipinski definition) is 1. The highest BCUT2D eigenvalue weighted by atomic mass is 35.5. The Kier molecular flexibility index (Phi) is 3.42. The molecule has 20 heavy (non-hydrogen) atoms. The van der Waals surface area contributed by atoms with Crippen molar-refractivity contribution in [3.05, 3.63) is 35.0 Å². The number of hydrogen-bond acceptors (Lipinski definition) is 6. The maximum absolute atomic E-state index is 5.96. The van der Waals surface area contributed by atoms with Gasteiger partial charge in [-0.05, 0) is 18.6 Å². The van der Waals surface area contributed by atoms with Crippen molar-refractivity contribution in [1.82, 2.24) is 15.1 Å². The van der Waals surface area contributed by atoms with Crippen LogP contribution < -0.4 is 5.73 Å². The molecule has 1 aromatic carbocycles. The predicted octanol–water partition coefficient (Wildman–Crippen LogP) is 3.66. The summed E-state index contributed by atoms with van der Waals surface area (Å²) >= 11 is 7.31. The molecule has 5 nitrogen and oxygen atoms in total. The van der Waals surface area contributed by atoms with Crippen LogP contribution in [-0.2, 0) is 6.42 Å². The molecule has 0 radical (unpaired) electrons. The van der Waals surface area contributed by atoms with E-state index < -0.39 is 0 Å². The summed E-state index contributed by atoms with van der Waals surface area (Å²) in [7, 11) is 0. The molecule has 0 bridgehead atoms. The van der Waals surface area contributed by atoms with Crippen LogP contribution in [0.3, 0.4) is 0 Å². The molecule has 0 aliphatic carbocycles. The highest BCUT2D eigenvalue weighted by Crippen LogP contribution is 2.32. The van der Waals surface area contributed by atoms with Gasteiger partial charge >= 0.3 is 0 Å². The molecular formula is C13H11ClN4OS. The van der Waals surface area contributed by atoms with Gasteiger partial charge in [-0.25, -0.2) is 4.98 Å². The molecule has 0 unspecified atom stereocenters. The third-order valence-corrected chi connectivity index (χ3v) is 3.90. The Bertz CT molecular complexity index is 752. The van der Waals surface area contributed by atoms with E-state index in [0.29, 0.717) is 21.9 Å². The van der Waals surface area contributed by atoms with Crippen molar-refractivity contribution in [1.29, 1.82) is 0 Å². The first kappa shape index (κ1) is 13.1. The quantitative estimate of drug-likeness (QED) is 0.799. The van der Waals surface area contributed by atoms with E-state index in [1.165, 1.54) is 11.3 Å². The molecule has 0 atom stereocenters. The lowest BCUT2D eigenvalue weighted by molar-refractivity contribution is 0.433. The van der Waals surface area contributed by atoms with Gasteiger partial charge in [0.25, 0.3) is 5.89 Å². The van der Waals surface area contributed by atoms with Crippen LogP contribution in [-0.4, -0.2) is 15.1 Å². The number of nitrogen functional groups attached to an aromatic ring is 1. The van der Waals surface area contributed by atoms with Gasteiger partial charge in [-0.2, -0.15) is 4.98 Å². The van der Waals surface area contributed by atoms with E-state index in [0.717, 1.165) is 22.6 Å². The van der Waals surface area contributed by atoms with E-state index in [1.807, 2.05) is 19.1 Å². The van der Waals surface area contributed by atoms with Gasteiger partial charge in [0.05, 0.1) is 5.69 Å². The molecule has 2 aromatic heterocycles. The monoisotopic (exact) mass is 306 g/mol. The fourth-order valence-electron chi connectivity index (χ4n) is 1.84. The van der Waals surface area contributed by atoms with Gasteiger partial charge in [-0.3, -0.25) is 0 Å². The van der Waals surface area contributed by atoms with Crippen LogP contribution in [0.4, 0.5) is 5.13 Å². The zero-order valence-electron chi connectivity index (χ0n) is 10.6. The number of thiazole rings is 1. The molecule has 0 saturated carbocycles. The second kappa shape index (κ2) is 5.22. The SMILES string of the molecule is CCc1nc(N)sc1-c1nc(-c2cccc(Cl)c2)no1. The van der Waals surface area contributed by atoms with Crippen LogP contribution in [0.5, 0.6) is 0 Å². The van der Waals surface area contributed by atoms with Crippen LogP contribution in [0, 0.1) is 0 Å². The number of nitrogens with two attached hydrogens (primary N) is 1. The first-order valence-corrected chi connectivity index (χ1v) is 7.22. The number of halogens is 1. The maximum Gasteiger partial charge on any atom is 0.270 e. The summed E-state index contributed by atoms with van der Waals surface area (Å²) in [6.07, 6.45) is 0.762. The summed E-state index contributed by atoms with van der Waals surface area (Å²) in [6, 6.07) is 7.31. The summed E-state index contributed by atoms with van der Waals surface area (Å²) in [5.74, 6) is 0.933. The van der Waals surface area contributed by atoms with Crippen LogP contribution in [0.2, 0.25) is 5.02 Å². The van der Waals surface area contributed by atoms with E-state index >= 15 is 0 Å². The molecule has 7 heteroatoms. The summed E-state index contributed by atoms with van der Waals surface area (Å²) < 4.78 is 5.31. The number of rotatable bonds is 3. The van der Waals surface area contributed by atoms with Crippen molar-refractivity contribution in [3.63, 3.8) is 0 Å². The largest absolute Gasteiger partial charge is 0.375 e. The lowest BCUT2D eigenvalue weighted by atomic mass is 10.2.